The van der Waals surface area contributed by atoms with Crippen LogP contribution < -0.4 is 9.47 Å². The van der Waals surface area contributed by atoms with Crippen LogP contribution in [0, 0.1) is 0 Å². The van der Waals surface area contributed by atoms with Crippen LogP contribution in [0.4, 0.5) is 0 Å². The zero-order valence-corrected chi connectivity index (χ0v) is 24.7. The van der Waals surface area contributed by atoms with Gasteiger partial charge in [-0.2, -0.15) is 0 Å². The van der Waals surface area contributed by atoms with E-state index in [4.69, 9.17) is 28.4 Å². The highest BCUT2D eigenvalue weighted by Gasteiger charge is 2.54. The molecule has 0 bridgehead atoms. The van der Waals surface area contributed by atoms with Crippen LogP contribution in [-0.4, -0.2) is 75.4 Å². The van der Waals surface area contributed by atoms with E-state index in [1.807, 2.05) is 76.2 Å². The first-order valence-electron chi connectivity index (χ1n) is 13.7. The van der Waals surface area contributed by atoms with Gasteiger partial charge < -0.3 is 37.9 Å². The van der Waals surface area contributed by atoms with Crippen molar-refractivity contribution in [1.82, 2.24) is 0 Å². The fraction of sp³-hybridized carbons (Fsp3) is 0.438. The van der Waals surface area contributed by atoms with Crippen LogP contribution >= 0.6 is 0 Å². The van der Waals surface area contributed by atoms with Gasteiger partial charge in [0.25, 0.3) is 0 Å². The lowest BCUT2D eigenvalue weighted by atomic mass is 10.0. The van der Waals surface area contributed by atoms with Crippen molar-refractivity contribution in [2.75, 3.05) is 27.4 Å². The van der Waals surface area contributed by atoms with Crippen LogP contribution in [-0.2, 0) is 38.0 Å². The highest BCUT2D eigenvalue weighted by Crippen LogP contribution is 2.39. The Bertz CT molecular complexity index is 1160. The second-order valence-electron chi connectivity index (χ2n) is 10.8. The number of carbonyl (C=O) groups is 2. The minimum atomic E-state index is -0.851. The van der Waals surface area contributed by atoms with Gasteiger partial charge in [-0.3, -0.25) is 0 Å². The van der Waals surface area contributed by atoms with Crippen LogP contribution in [0.15, 0.2) is 60.7 Å². The van der Waals surface area contributed by atoms with E-state index in [0.29, 0.717) is 11.5 Å². The molecule has 2 fully saturated rings. The molecular weight excluding hydrogens is 544 g/mol. The Labute approximate surface area is 246 Å². The van der Waals surface area contributed by atoms with E-state index in [1.165, 1.54) is 26.4 Å². The van der Waals surface area contributed by atoms with Crippen molar-refractivity contribution in [3.05, 3.63) is 71.8 Å². The van der Waals surface area contributed by atoms with E-state index >= 15 is 0 Å². The van der Waals surface area contributed by atoms with E-state index in [9.17, 15) is 9.59 Å². The number of carbonyl (C=O) groups excluding carboxylic acids is 2. The monoisotopic (exact) mass is 582 g/mol. The lowest BCUT2D eigenvalue weighted by molar-refractivity contribution is -0.175. The molecule has 4 atom stereocenters. The molecule has 2 aromatic carbocycles. The van der Waals surface area contributed by atoms with Gasteiger partial charge in [-0.05, 0) is 75.2 Å². The van der Waals surface area contributed by atoms with Crippen LogP contribution in [0.3, 0.4) is 0 Å². The Kier molecular flexibility index (Phi) is 10.1. The predicted molar refractivity (Wildman–Crippen MR) is 154 cm³/mol. The number of rotatable bonds is 11. The van der Waals surface area contributed by atoms with Crippen LogP contribution in [0.5, 0.6) is 11.5 Å². The van der Waals surface area contributed by atoms with Crippen molar-refractivity contribution in [1.29, 1.82) is 0 Å². The quantitative estimate of drug-likeness (QED) is 0.276. The highest BCUT2D eigenvalue weighted by atomic mass is 16.8. The summed E-state index contributed by atoms with van der Waals surface area (Å²) in [6.45, 7) is 7.85. The van der Waals surface area contributed by atoms with E-state index < -0.39 is 47.9 Å². The second kappa shape index (κ2) is 13.5. The fourth-order valence-corrected chi connectivity index (χ4v) is 4.71. The first kappa shape index (κ1) is 31.2. The third kappa shape index (κ3) is 8.65. The smallest absolute Gasteiger partial charge is 0.330 e. The molecule has 2 saturated heterocycles. The van der Waals surface area contributed by atoms with Gasteiger partial charge in [-0.1, -0.05) is 24.3 Å². The number of ether oxygens (including phenoxy) is 8. The molecule has 0 saturated carbocycles. The molecule has 0 N–H and O–H groups in total. The van der Waals surface area contributed by atoms with Gasteiger partial charge in [0, 0.05) is 12.2 Å². The standard InChI is InChI=1S/C32H38O10/c1-31(2)39-25(19-37-23-13-7-21(8-14-23)11-17-27(33)35-5)29(41-31)30-26(40-32(3,4)42-30)20-38-24-15-9-22(10-16-24)12-18-28(34)36-6/h7-18,25-26,29-30H,19-20H2,1-6H3/b17-11+,18-12+/t25-,26+,29+,30-. The first-order valence-corrected chi connectivity index (χ1v) is 13.7. The molecule has 0 aromatic heterocycles. The zero-order chi connectivity index (χ0) is 30.3. The summed E-state index contributed by atoms with van der Waals surface area (Å²) >= 11 is 0. The molecule has 0 spiro atoms. The number of esters is 2. The summed E-state index contributed by atoms with van der Waals surface area (Å²) in [5, 5.41) is 0. The molecule has 2 heterocycles. The minimum Gasteiger partial charge on any atom is -0.491 e. The molecule has 2 aromatic rings. The average molecular weight is 583 g/mol. The molecule has 10 heteroatoms. The number of methoxy groups -OCH3 is 2. The summed E-state index contributed by atoms with van der Waals surface area (Å²) in [5.74, 6) is -1.26. The maximum absolute atomic E-state index is 11.3. The van der Waals surface area contributed by atoms with Crippen molar-refractivity contribution in [3.8, 4) is 11.5 Å². The first-order chi connectivity index (χ1) is 20.0. The zero-order valence-electron chi connectivity index (χ0n) is 24.7. The summed E-state index contributed by atoms with van der Waals surface area (Å²) in [6.07, 6.45) is 4.21. The molecule has 42 heavy (non-hydrogen) atoms. The Morgan fingerprint density at radius 3 is 1.33 bits per heavy atom. The van der Waals surface area contributed by atoms with Crippen molar-refractivity contribution in [2.45, 2.75) is 63.7 Å². The summed E-state index contributed by atoms with van der Waals surface area (Å²) < 4.78 is 46.4. The molecule has 2 aliphatic rings. The van der Waals surface area contributed by atoms with Gasteiger partial charge in [0.05, 0.1) is 14.2 Å². The van der Waals surface area contributed by atoms with E-state index in [2.05, 4.69) is 9.47 Å². The van der Waals surface area contributed by atoms with Gasteiger partial charge in [0.15, 0.2) is 11.6 Å². The highest BCUT2D eigenvalue weighted by molar-refractivity contribution is 5.87. The molecule has 0 radical (unpaired) electrons. The van der Waals surface area contributed by atoms with Crippen molar-refractivity contribution < 1.29 is 47.5 Å². The Balaban J connectivity index is 1.39. The van der Waals surface area contributed by atoms with Gasteiger partial charge in [-0.15, -0.1) is 0 Å². The topological polar surface area (TPSA) is 108 Å². The number of hydrogen-bond donors (Lipinski definition) is 0. The molecular formula is C32H38O10. The van der Waals surface area contributed by atoms with E-state index in [1.54, 1.807) is 12.2 Å². The molecule has 10 nitrogen and oxygen atoms in total. The SMILES string of the molecule is COC(=O)/C=C/c1ccc(OC[C@@H]2OC(C)(C)O[C@H]2[C@H]2OC(C)(C)O[C@@H]2COc2ccc(/C=C/C(=O)OC)cc2)cc1. The van der Waals surface area contributed by atoms with Gasteiger partial charge in [-0.25, -0.2) is 9.59 Å². The third-order valence-corrected chi connectivity index (χ3v) is 6.58. The largest absolute Gasteiger partial charge is 0.491 e. The van der Waals surface area contributed by atoms with Gasteiger partial charge in [0.2, 0.25) is 0 Å². The maximum atomic E-state index is 11.3. The Morgan fingerprint density at radius 1 is 0.643 bits per heavy atom. The summed E-state index contributed by atoms with van der Waals surface area (Å²) in [4.78, 5) is 22.7. The van der Waals surface area contributed by atoms with Crippen molar-refractivity contribution in [2.24, 2.45) is 0 Å². The maximum Gasteiger partial charge on any atom is 0.330 e. The van der Waals surface area contributed by atoms with E-state index in [0.717, 1.165) is 11.1 Å². The van der Waals surface area contributed by atoms with Crippen LogP contribution in [0.2, 0.25) is 0 Å². The Hall–Kier alpha value is -3.70. The van der Waals surface area contributed by atoms with Gasteiger partial charge in [0.1, 0.15) is 49.1 Å². The summed E-state index contributed by atoms with van der Waals surface area (Å²) in [7, 11) is 2.67. The summed E-state index contributed by atoms with van der Waals surface area (Å²) in [6, 6.07) is 14.6. The molecule has 2 aliphatic heterocycles. The normalized spacial score (nSPS) is 24.6. The van der Waals surface area contributed by atoms with E-state index in [-0.39, 0.29) is 13.2 Å². The molecule has 0 unspecified atom stereocenters. The minimum absolute atomic E-state index is 0.222. The predicted octanol–water partition coefficient (Wildman–Crippen LogP) is 4.56. The van der Waals surface area contributed by atoms with Crippen molar-refractivity contribution >= 4 is 24.1 Å². The molecule has 226 valence electrons. The fourth-order valence-electron chi connectivity index (χ4n) is 4.71. The lowest BCUT2D eigenvalue weighted by Crippen LogP contribution is -2.45. The lowest BCUT2D eigenvalue weighted by Gasteiger charge is -2.26. The third-order valence-electron chi connectivity index (χ3n) is 6.58. The molecule has 0 amide bonds. The van der Waals surface area contributed by atoms with Crippen molar-refractivity contribution in [3.63, 3.8) is 0 Å². The average Bonchev–Trinajstić information content (AvgIpc) is 3.46. The van der Waals surface area contributed by atoms with Crippen LogP contribution in [0.1, 0.15) is 38.8 Å². The number of benzene rings is 2. The molecule has 0 aliphatic carbocycles. The molecule has 4 rings (SSSR count). The number of hydrogen-bond acceptors (Lipinski definition) is 10. The van der Waals surface area contributed by atoms with Crippen LogP contribution in [0.25, 0.3) is 12.2 Å². The Morgan fingerprint density at radius 2 is 1.00 bits per heavy atom. The second-order valence-corrected chi connectivity index (χ2v) is 10.8. The summed E-state index contributed by atoms with van der Waals surface area (Å²) in [5.41, 5.74) is 1.67. The van der Waals surface area contributed by atoms with Gasteiger partial charge >= 0.3 is 11.9 Å².